The largest absolute Gasteiger partial charge is 0.445 e. The minimum Gasteiger partial charge on any atom is -0.445 e. The zero-order chi connectivity index (χ0) is 23.3. The zero-order valence-corrected chi connectivity index (χ0v) is 20.1. The second-order valence-corrected chi connectivity index (χ2v) is 9.93. The van der Waals surface area contributed by atoms with Crippen LogP contribution in [0.2, 0.25) is 10.4 Å². The van der Waals surface area contributed by atoms with Gasteiger partial charge in [-0.05, 0) is 83.4 Å². The van der Waals surface area contributed by atoms with Gasteiger partial charge in [-0.1, -0.05) is 19.8 Å². The maximum absolute atomic E-state index is 12.1. The van der Waals surface area contributed by atoms with Crippen molar-refractivity contribution in [1.29, 1.82) is 0 Å². The number of carbonyl (C=O) groups is 1. The van der Waals surface area contributed by atoms with E-state index in [0.29, 0.717) is 38.6 Å². The highest BCUT2D eigenvalue weighted by Crippen LogP contribution is 2.48. The summed E-state index contributed by atoms with van der Waals surface area (Å²) in [6, 6.07) is 7.06. The number of pyridine rings is 1. The molecule has 0 aromatic carbocycles. The third-order valence-electron chi connectivity index (χ3n) is 5.93. The molecule has 5 rings (SSSR count). The summed E-state index contributed by atoms with van der Waals surface area (Å²) >= 11 is 13.3. The second kappa shape index (κ2) is 8.56. The van der Waals surface area contributed by atoms with E-state index < -0.39 is 5.91 Å². The maximum atomic E-state index is 12.1. The monoisotopic (exact) mass is 501 g/mol. The zero-order valence-electron chi connectivity index (χ0n) is 17.8. The Labute approximate surface area is 204 Å². The van der Waals surface area contributed by atoms with E-state index in [0.717, 1.165) is 48.1 Å². The number of hydrogen-bond acceptors (Lipinski definition) is 6. The van der Waals surface area contributed by atoms with Gasteiger partial charge in [0.05, 0.1) is 11.4 Å². The highest BCUT2D eigenvalue weighted by molar-refractivity contribution is 7.21. The second-order valence-electron chi connectivity index (χ2n) is 8.18. The molecule has 0 fully saturated rings. The minimum absolute atomic E-state index is 0.273. The average molecular weight is 502 g/mol. The molecule has 4 heterocycles. The molecule has 0 bridgehead atoms. The molecule has 0 saturated heterocycles. The number of thiophene rings is 1. The molecule has 4 aromatic rings. The Morgan fingerprint density at radius 1 is 1.21 bits per heavy atom. The number of hydrogen-bond donors (Lipinski definition) is 2. The SMILES string of the molecule is CCCC1C/C(=C\c2ccc(Cl)o2)c2nc3sc(C(N)=O)c(N)c3c(-c3ccc(Cl)o3)c2C1. The van der Waals surface area contributed by atoms with Gasteiger partial charge in [-0.3, -0.25) is 4.79 Å². The smallest absolute Gasteiger partial charge is 0.260 e. The predicted octanol–water partition coefficient (Wildman–Crippen LogP) is 7.04. The summed E-state index contributed by atoms with van der Waals surface area (Å²) < 4.78 is 11.4. The number of halogens is 2. The molecule has 1 aliphatic carbocycles. The number of primary amides is 1. The third-order valence-corrected chi connectivity index (χ3v) is 7.45. The van der Waals surface area contributed by atoms with Gasteiger partial charge in [0.2, 0.25) is 0 Å². The molecule has 0 aliphatic heterocycles. The van der Waals surface area contributed by atoms with Crippen LogP contribution in [0.4, 0.5) is 5.69 Å². The number of nitrogen functional groups attached to an aromatic ring is 1. The van der Waals surface area contributed by atoms with Crippen molar-refractivity contribution >= 4 is 68.0 Å². The van der Waals surface area contributed by atoms with Gasteiger partial charge in [0.1, 0.15) is 21.2 Å². The van der Waals surface area contributed by atoms with Gasteiger partial charge in [0.15, 0.2) is 10.4 Å². The van der Waals surface area contributed by atoms with E-state index in [4.69, 9.17) is 48.5 Å². The molecule has 33 heavy (non-hydrogen) atoms. The number of fused-ring (bicyclic) bond motifs is 2. The van der Waals surface area contributed by atoms with Crippen molar-refractivity contribution in [2.45, 2.75) is 32.6 Å². The van der Waals surface area contributed by atoms with Crippen LogP contribution in [0.15, 0.2) is 33.1 Å². The van der Waals surface area contributed by atoms with E-state index in [1.165, 1.54) is 11.3 Å². The first-order valence-electron chi connectivity index (χ1n) is 10.6. The summed E-state index contributed by atoms with van der Waals surface area (Å²) in [5.74, 6) is 1.06. The topological polar surface area (TPSA) is 108 Å². The van der Waals surface area contributed by atoms with Crippen LogP contribution in [0.5, 0.6) is 0 Å². The van der Waals surface area contributed by atoms with Gasteiger partial charge >= 0.3 is 0 Å². The Morgan fingerprint density at radius 3 is 2.61 bits per heavy atom. The number of allylic oxidation sites excluding steroid dienone is 1. The van der Waals surface area contributed by atoms with Crippen molar-refractivity contribution in [2.75, 3.05) is 5.73 Å². The minimum atomic E-state index is -0.582. The molecular formula is C24H21Cl2N3O3S. The maximum Gasteiger partial charge on any atom is 0.260 e. The van der Waals surface area contributed by atoms with E-state index in [1.807, 2.05) is 18.2 Å². The lowest BCUT2D eigenvalue weighted by molar-refractivity contribution is 0.100. The van der Waals surface area contributed by atoms with Crippen LogP contribution in [0, 0.1) is 5.92 Å². The Morgan fingerprint density at radius 2 is 1.97 bits per heavy atom. The number of rotatable bonds is 5. The summed E-state index contributed by atoms with van der Waals surface area (Å²) in [5, 5.41) is 1.28. The summed E-state index contributed by atoms with van der Waals surface area (Å²) in [5.41, 5.74) is 16.0. The van der Waals surface area contributed by atoms with Crippen LogP contribution >= 0.6 is 34.5 Å². The van der Waals surface area contributed by atoms with Gasteiger partial charge in [0.25, 0.3) is 5.91 Å². The van der Waals surface area contributed by atoms with Crippen molar-refractivity contribution in [2.24, 2.45) is 11.7 Å². The first kappa shape index (κ1) is 22.1. The third kappa shape index (κ3) is 3.94. The van der Waals surface area contributed by atoms with Crippen LogP contribution in [-0.4, -0.2) is 10.9 Å². The lowest BCUT2D eigenvalue weighted by Gasteiger charge is -2.28. The first-order valence-corrected chi connectivity index (χ1v) is 12.2. The van der Waals surface area contributed by atoms with Gasteiger partial charge < -0.3 is 20.3 Å². The van der Waals surface area contributed by atoms with Crippen LogP contribution in [-0.2, 0) is 6.42 Å². The molecule has 1 aliphatic rings. The Hall–Kier alpha value is -2.74. The molecule has 170 valence electrons. The number of aromatic nitrogens is 1. The Kier molecular flexibility index (Phi) is 5.72. The fourth-order valence-electron chi connectivity index (χ4n) is 4.64. The lowest BCUT2D eigenvalue weighted by Crippen LogP contribution is -2.16. The average Bonchev–Trinajstić information content (AvgIpc) is 3.46. The van der Waals surface area contributed by atoms with E-state index in [2.05, 4.69) is 6.92 Å². The van der Waals surface area contributed by atoms with Crippen LogP contribution in [0.25, 0.3) is 33.2 Å². The van der Waals surface area contributed by atoms with Gasteiger partial charge in [0, 0.05) is 10.9 Å². The first-order chi connectivity index (χ1) is 15.9. The fourth-order valence-corrected chi connectivity index (χ4v) is 5.90. The van der Waals surface area contributed by atoms with Crippen molar-refractivity contribution in [3.8, 4) is 11.3 Å². The van der Waals surface area contributed by atoms with E-state index in [1.54, 1.807) is 12.1 Å². The summed E-state index contributed by atoms with van der Waals surface area (Å²) in [4.78, 5) is 17.9. The molecular weight excluding hydrogens is 481 g/mol. The van der Waals surface area contributed by atoms with Crippen LogP contribution in [0.3, 0.4) is 0 Å². The van der Waals surface area contributed by atoms with Crippen molar-refractivity contribution in [3.63, 3.8) is 0 Å². The normalized spacial score (nSPS) is 17.1. The van der Waals surface area contributed by atoms with Crippen molar-refractivity contribution < 1.29 is 13.6 Å². The molecule has 1 unspecified atom stereocenters. The highest BCUT2D eigenvalue weighted by atomic mass is 35.5. The predicted molar refractivity (Wildman–Crippen MR) is 134 cm³/mol. The lowest BCUT2D eigenvalue weighted by atomic mass is 9.78. The van der Waals surface area contributed by atoms with E-state index >= 15 is 0 Å². The number of furan rings is 2. The molecule has 0 saturated carbocycles. The molecule has 1 amide bonds. The van der Waals surface area contributed by atoms with Gasteiger partial charge in [-0.15, -0.1) is 11.3 Å². The molecule has 9 heteroatoms. The number of anilines is 1. The number of nitrogens with two attached hydrogens (primary N) is 2. The van der Waals surface area contributed by atoms with E-state index in [9.17, 15) is 4.79 Å². The highest BCUT2D eigenvalue weighted by Gasteiger charge is 2.31. The Balaban J connectivity index is 1.83. The van der Waals surface area contributed by atoms with Gasteiger partial charge in [-0.25, -0.2) is 4.98 Å². The van der Waals surface area contributed by atoms with E-state index in [-0.39, 0.29) is 10.1 Å². The molecule has 0 radical (unpaired) electrons. The molecule has 4 N–H and O–H groups in total. The summed E-state index contributed by atoms with van der Waals surface area (Å²) in [7, 11) is 0. The van der Waals surface area contributed by atoms with Crippen molar-refractivity contribution in [3.05, 3.63) is 56.6 Å². The standard InChI is InChI=1S/C24H21Cl2N3O3S/c1-2-3-11-8-12(10-13-4-6-16(25)31-13)21-14(9-11)18(15-5-7-17(26)32-15)19-20(27)22(23(28)30)33-24(19)29-21/h4-7,10-11H,2-3,8-9,27H2,1H3,(H2,28,30)/b12-10+. The van der Waals surface area contributed by atoms with Crippen LogP contribution in [0.1, 0.15) is 52.9 Å². The molecule has 6 nitrogen and oxygen atoms in total. The van der Waals surface area contributed by atoms with Crippen molar-refractivity contribution in [1.82, 2.24) is 4.98 Å². The van der Waals surface area contributed by atoms with Crippen LogP contribution < -0.4 is 11.5 Å². The quantitative estimate of drug-likeness (QED) is 0.304. The summed E-state index contributed by atoms with van der Waals surface area (Å²) in [6.07, 6.45) is 5.74. The molecule has 4 aromatic heterocycles. The number of carbonyl (C=O) groups excluding carboxylic acids is 1. The fraction of sp³-hybridized carbons (Fsp3) is 0.250. The number of amides is 1. The van der Waals surface area contributed by atoms with Gasteiger partial charge in [-0.2, -0.15) is 0 Å². The number of nitrogens with zero attached hydrogens (tertiary/aromatic N) is 1. The molecule has 1 atom stereocenters. The Bertz CT molecular complexity index is 1420. The molecule has 0 spiro atoms. The summed E-state index contributed by atoms with van der Waals surface area (Å²) in [6.45, 7) is 2.18.